The lowest BCUT2D eigenvalue weighted by atomic mass is 10.2. The van der Waals surface area contributed by atoms with E-state index in [1.807, 2.05) is 19.0 Å². The van der Waals surface area contributed by atoms with Gasteiger partial charge in [0.1, 0.15) is 0 Å². The van der Waals surface area contributed by atoms with Crippen LogP contribution in [-0.2, 0) is 0 Å². The van der Waals surface area contributed by atoms with Crippen molar-refractivity contribution in [1.29, 1.82) is 0 Å². The van der Waals surface area contributed by atoms with Crippen LogP contribution >= 0.6 is 0 Å². The number of rotatable bonds is 4. The first kappa shape index (κ1) is 13.6. The maximum Gasteiger partial charge on any atom is 0.253 e. The van der Waals surface area contributed by atoms with Crippen LogP contribution in [0.5, 0.6) is 0 Å². The monoisotopic (exact) mass is 242 g/mol. The van der Waals surface area contributed by atoms with Crippen molar-refractivity contribution in [2.24, 2.45) is 0 Å². The number of carbonyl (C=O) groups is 1. The third kappa shape index (κ3) is 3.78. The highest BCUT2D eigenvalue weighted by Crippen LogP contribution is 2.10. The van der Waals surface area contributed by atoms with Crippen LogP contribution in [0.1, 0.15) is 10.4 Å². The van der Waals surface area contributed by atoms with Gasteiger partial charge in [-0.05, 0) is 32.3 Å². The zero-order valence-corrected chi connectivity index (χ0v) is 10.2. The molecule has 3 nitrogen and oxygen atoms in total. The number of hydrogen-bond acceptors (Lipinski definition) is 2. The fourth-order valence-corrected chi connectivity index (χ4v) is 1.30. The van der Waals surface area contributed by atoms with E-state index in [9.17, 15) is 13.6 Å². The second-order valence-electron chi connectivity index (χ2n) is 4.16. The minimum Gasteiger partial charge on any atom is -0.340 e. The average Bonchev–Trinajstić information content (AvgIpc) is 2.28. The molecule has 0 unspecified atom stereocenters. The summed E-state index contributed by atoms with van der Waals surface area (Å²) in [6, 6.07) is 3.17. The van der Waals surface area contributed by atoms with Gasteiger partial charge in [-0.3, -0.25) is 4.79 Å². The van der Waals surface area contributed by atoms with E-state index in [2.05, 4.69) is 0 Å². The summed E-state index contributed by atoms with van der Waals surface area (Å²) in [4.78, 5) is 15.3. The van der Waals surface area contributed by atoms with Crippen molar-refractivity contribution in [2.45, 2.75) is 0 Å². The summed E-state index contributed by atoms with van der Waals surface area (Å²) in [5.41, 5.74) is 0.158. The Morgan fingerprint density at radius 2 is 1.76 bits per heavy atom. The highest BCUT2D eigenvalue weighted by Gasteiger charge is 2.13. The number of likely N-dealkylation sites (N-methyl/N-ethyl adjacent to an activating group) is 2. The molecule has 0 fully saturated rings. The topological polar surface area (TPSA) is 23.6 Å². The molecule has 5 heteroatoms. The van der Waals surface area contributed by atoms with E-state index in [-0.39, 0.29) is 11.5 Å². The maximum atomic E-state index is 13.0. The fraction of sp³-hybridized carbons (Fsp3) is 0.417. The Kier molecular flexibility index (Phi) is 4.57. The Bertz CT molecular complexity index is 407. The van der Waals surface area contributed by atoms with Crippen LogP contribution in [0.4, 0.5) is 8.78 Å². The third-order valence-corrected chi connectivity index (χ3v) is 2.40. The highest BCUT2D eigenvalue weighted by atomic mass is 19.2. The van der Waals surface area contributed by atoms with Crippen molar-refractivity contribution in [3.63, 3.8) is 0 Å². The molecule has 0 aliphatic carbocycles. The largest absolute Gasteiger partial charge is 0.340 e. The number of carbonyl (C=O) groups excluding carboxylic acids is 1. The Morgan fingerprint density at radius 3 is 2.29 bits per heavy atom. The standard InChI is InChI=1S/C12H16F2N2O/c1-15(2)6-7-16(3)12(17)9-4-5-10(13)11(14)8-9/h4-5,8H,6-7H2,1-3H3. The van der Waals surface area contributed by atoms with E-state index in [0.29, 0.717) is 13.1 Å². The van der Waals surface area contributed by atoms with Gasteiger partial charge in [-0.15, -0.1) is 0 Å². The van der Waals surface area contributed by atoms with Gasteiger partial charge in [0.25, 0.3) is 5.91 Å². The van der Waals surface area contributed by atoms with Gasteiger partial charge in [0, 0.05) is 25.7 Å². The van der Waals surface area contributed by atoms with Crippen molar-refractivity contribution < 1.29 is 13.6 Å². The first-order valence-corrected chi connectivity index (χ1v) is 5.27. The second-order valence-corrected chi connectivity index (χ2v) is 4.16. The number of benzene rings is 1. The van der Waals surface area contributed by atoms with Gasteiger partial charge < -0.3 is 9.80 Å². The fourth-order valence-electron chi connectivity index (χ4n) is 1.30. The molecule has 0 atom stereocenters. The quantitative estimate of drug-likeness (QED) is 0.800. The van der Waals surface area contributed by atoms with Crippen LogP contribution in [0, 0.1) is 11.6 Å². The summed E-state index contributed by atoms with van der Waals surface area (Å²) in [6.45, 7) is 1.25. The summed E-state index contributed by atoms with van der Waals surface area (Å²) in [5.74, 6) is -2.26. The van der Waals surface area contributed by atoms with Crippen molar-refractivity contribution >= 4 is 5.91 Å². The van der Waals surface area contributed by atoms with E-state index in [1.54, 1.807) is 7.05 Å². The van der Waals surface area contributed by atoms with Crippen LogP contribution in [0.3, 0.4) is 0 Å². The Hall–Kier alpha value is -1.49. The van der Waals surface area contributed by atoms with Gasteiger partial charge in [-0.2, -0.15) is 0 Å². The molecule has 1 aromatic carbocycles. The molecule has 1 amide bonds. The summed E-state index contributed by atoms with van der Waals surface area (Å²) >= 11 is 0. The predicted molar refractivity (Wildman–Crippen MR) is 61.9 cm³/mol. The van der Waals surface area contributed by atoms with Crippen molar-refractivity contribution in [3.05, 3.63) is 35.4 Å². The van der Waals surface area contributed by atoms with E-state index in [4.69, 9.17) is 0 Å². The first-order valence-electron chi connectivity index (χ1n) is 5.27. The van der Waals surface area contributed by atoms with Gasteiger partial charge in [-0.1, -0.05) is 0 Å². The minimum absolute atomic E-state index is 0.158. The molecule has 0 aliphatic rings. The number of amides is 1. The van der Waals surface area contributed by atoms with E-state index >= 15 is 0 Å². The molecule has 0 bridgehead atoms. The molecule has 17 heavy (non-hydrogen) atoms. The molecule has 0 heterocycles. The molecule has 0 spiro atoms. The van der Waals surface area contributed by atoms with Crippen LogP contribution in [-0.4, -0.2) is 49.9 Å². The van der Waals surface area contributed by atoms with E-state index < -0.39 is 11.6 Å². The second kappa shape index (κ2) is 5.72. The zero-order valence-electron chi connectivity index (χ0n) is 10.2. The molecule has 0 aliphatic heterocycles. The van der Waals surface area contributed by atoms with Gasteiger partial charge >= 0.3 is 0 Å². The minimum atomic E-state index is -1.00. The van der Waals surface area contributed by atoms with Crippen LogP contribution in [0.15, 0.2) is 18.2 Å². The summed E-state index contributed by atoms with van der Waals surface area (Å²) in [7, 11) is 5.43. The molecule has 0 saturated heterocycles. The normalized spacial score (nSPS) is 10.7. The molecule has 0 aromatic heterocycles. The van der Waals surface area contributed by atoms with Crippen molar-refractivity contribution in [1.82, 2.24) is 9.80 Å². The maximum absolute atomic E-state index is 13.0. The molecule has 94 valence electrons. The number of nitrogens with zero attached hydrogens (tertiary/aromatic N) is 2. The van der Waals surface area contributed by atoms with Crippen LogP contribution in [0.2, 0.25) is 0 Å². The number of halogens is 2. The van der Waals surface area contributed by atoms with E-state index in [0.717, 1.165) is 12.1 Å². The summed E-state index contributed by atoms with van der Waals surface area (Å²) < 4.78 is 25.7. The molecule has 0 N–H and O–H groups in total. The summed E-state index contributed by atoms with van der Waals surface area (Å²) in [6.07, 6.45) is 0. The van der Waals surface area contributed by atoms with E-state index in [1.165, 1.54) is 11.0 Å². The molecule has 0 saturated carbocycles. The Balaban J connectivity index is 2.71. The average molecular weight is 242 g/mol. The van der Waals surface area contributed by atoms with Crippen molar-refractivity contribution in [3.8, 4) is 0 Å². The van der Waals surface area contributed by atoms with Gasteiger partial charge in [0.15, 0.2) is 11.6 Å². The Labute approximate surface area is 99.6 Å². The molecule has 0 radical (unpaired) electrons. The van der Waals surface area contributed by atoms with Gasteiger partial charge in [0.2, 0.25) is 0 Å². The number of hydrogen-bond donors (Lipinski definition) is 0. The van der Waals surface area contributed by atoms with Crippen molar-refractivity contribution in [2.75, 3.05) is 34.2 Å². The lowest BCUT2D eigenvalue weighted by Gasteiger charge is -2.19. The first-order chi connectivity index (χ1) is 7.91. The highest BCUT2D eigenvalue weighted by molar-refractivity contribution is 5.94. The van der Waals surface area contributed by atoms with Crippen LogP contribution in [0.25, 0.3) is 0 Å². The molecular formula is C12H16F2N2O. The smallest absolute Gasteiger partial charge is 0.253 e. The Morgan fingerprint density at radius 1 is 1.12 bits per heavy atom. The zero-order chi connectivity index (χ0) is 13.0. The summed E-state index contributed by atoms with van der Waals surface area (Å²) in [5, 5.41) is 0. The van der Waals surface area contributed by atoms with Gasteiger partial charge in [-0.25, -0.2) is 8.78 Å². The van der Waals surface area contributed by atoms with Gasteiger partial charge in [0.05, 0.1) is 0 Å². The predicted octanol–water partition coefficient (Wildman–Crippen LogP) is 1.60. The SMILES string of the molecule is CN(C)CCN(C)C(=O)c1ccc(F)c(F)c1. The molecular weight excluding hydrogens is 226 g/mol. The van der Waals surface area contributed by atoms with Crippen LogP contribution < -0.4 is 0 Å². The molecule has 1 rings (SSSR count). The third-order valence-electron chi connectivity index (χ3n) is 2.40. The molecule has 1 aromatic rings. The lowest BCUT2D eigenvalue weighted by Crippen LogP contribution is -2.33. The lowest BCUT2D eigenvalue weighted by molar-refractivity contribution is 0.0785.